The summed E-state index contributed by atoms with van der Waals surface area (Å²) < 4.78 is 7.90. The molecule has 3 N–H and O–H groups in total. The van der Waals surface area contributed by atoms with E-state index in [0.29, 0.717) is 12.0 Å². The van der Waals surface area contributed by atoms with Crippen molar-refractivity contribution < 1.29 is 9.53 Å². The Hall–Kier alpha value is -3.64. The second kappa shape index (κ2) is 11.5. The highest BCUT2D eigenvalue weighted by atomic mass is 16.5. The normalized spacial score (nSPS) is 14.6. The van der Waals surface area contributed by atoms with E-state index in [1.54, 1.807) is 7.05 Å². The van der Waals surface area contributed by atoms with Crippen LogP contribution in [-0.2, 0) is 11.2 Å². The van der Waals surface area contributed by atoms with Gasteiger partial charge in [-0.15, -0.1) is 0 Å². The topological polar surface area (TPSA) is 81.6 Å². The van der Waals surface area contributed by atoms with Crippen molar-refractivity contribution in [2.75, 3.05) is 26.8 Å². The van der Waals surface area contributed by atoms with E-state index in [1.165, 1.54) is 21.9 Å². The summed E-state index contributed by atoms with van der Waals surface area (Å²) in [5, 5.41) is 5.49. The molecule has 4 aromatic rings. The highest BCUT2D eigenvalue weighted by molar-refractivity contribution is 6.09. The minimum absolute atomic E-state index is 0.447. The first-order chi connectivity index (χ1) is 16.7. The van der Waals surface area contributed by atoms with Gasteiger partial charge in [-0.25, -0.2) is 0 Å². The molecular formula is C28H32N4O2. The maximum Gasteiger partial charge on any atom is 0.188 e. The van der Waals surface area contributed by atoms with Crippen molar-refractivity contribution in [1.29, 1.82) is 0 Å². The predicted octanol–water partition coefficient (Wildman–Crippen LogP) is 4.72. The molecule has 1 aliphatic rings. The second-order valence-corrected chi connectivity index (χ2v) is 8.40. The monoisotopic (exact) mass is 456 g/mol. The van der Waals surface area contributed by atoms with E-state index in [2.05, 4.69) is 57.3 Å². The number of carbonyl (C=O) groups excluding carboxylic acids is 1. The summed E-state index contributed by atoms with van der Waals surface area (Å²) in [4.78, 5) is 14.9. The Labute approximate surface area is 200 Å². The molecule has 6 nitrogen and oxygen atoms in total. The maximum absolute atomic E-state index is 11.1. The van der Waals surface area contributed by atoms with E-state index in [-0.39, 0.29) is 0 Å². The number of carbonyl (C=O) groups is 1. The Morgan fingerprint density at radius 3 is 2.47 bits per heavy atom. The van der Waals surface area contributed by atoms with Gasteiger partial charge >= 0.3 is 0 Å². The van der Waals surface area contributed by atoms with Gasteiger partial charge in [0, 0.05) is 54.7 Å². The van der Waals surface area contributed by atoms with Gasteiger partial charge in [-0.3, -0.25) is 9.79 Å². The van der Waals surface area contributed by atoms with Crippen molar-refractivity contribution in [2.45, 2.75) is 25.3 Å². The summed E-state index contributed by atoms with van der Waals surface area (Å²) in [6, 6.07) is 25.2. The van der Waals surface area contributed by atoms with E-state index < -0.39 is 0 Å². The van der Waals surface area contributed by atoms with Gasteiger partial charge in [0.25, 0.3) is 0 Å². The van der Waals surface area contributed by atoms with Gasteiger partial charge in [0.1, 0.15) is 6.29 Å². The number of para-hydroxylation sites is 1. The number of nitrogens with zero attached hydrogens (tertiary/aromatic N) is 2. The lowest BCUT2D eigenvalue weighted by molar-refractivity contribution is 0.0717. The summed E-state index contributed by atoms with van der Waals surface area (Å²) in [7, 11) is 1.67. The molecule has 1 fully saturated rings. The lowest BCUT2D eigenvalue weighted by Gasteiger charge is -2.25. The third kappa shape index (κ3) is 5.46. The molecule has 0 aliphatic carbocycles. The Morgan fingerprint density at radius 2 is 1.74 bits per heavy atom. The summed E-state index contributed by atoms with van der Waals surface area (Å²) >= 11 is 0. The van der Waals surface area contributed by atoms with E-state index in [1.807, 2.05) is 30.3 Å². The first-order valence-electron chi connectivity index (χ1n) is 11.8. The number of nitrogens with two attached hydrogens (primary N) is 1. The molecule has 1 saturated heterocycles. The van der Waals surface area contributed by atoms with Gasteiger partial charge < -0.3 is 20.4 Å². The number of hydrogen-bond acceptors (Lipinski definition) is 3. The molecular weight excluding hydrogens is 424 g/mol. The summed E-state index contributed by atoms with van der Waals surface area (Å²) in [6.07, 6.45) is 3.95. The number of benzene rings is 3. The van der Waals surface area contributed by atoms with Crippen LogP contribution in [0, 0.1) is 0 Å². The van der Waals surface area contributed by atoms with Crippen molar-refractivity contribution in [3.8, 4) is 0 Å². The van der Waals surface area contributed by atoms with Crippen LogP contribution < -0.4 is 11.1 Å². The van der Waals surface area contributed by atoms with Crippen LogP contribution in [0.3, 0.4) is 0 Å². The summed E-state index contributed by atoms with van der Waals surface area (Å²) in [5.41, 5.74) is 9.93. The van der Waals surface area contributed by atoms with Crippen LogP contribution >= 0.6 is 0 Å². The van der Waals surface area contributed by atoms with Crippen LogP contribution in [0.15, 0.2) is 77.8 Å². The highest BCUT2D eigenvalue weighted by Gasteiger charge is 2.20. The molecule has 1 aromatic heterocycles. The van der Waals surface area contributed by atoms with Crippen molar-refractivity contribution in [1.82, 2.24) is 9.88 Å². The number of rotatable bonds is 5. The van der Waals surface area contributed by atoms with Crippen molar-refractivity contribution in [3.63, 3.8) is 0 Å². The molecule has 0 unspecified atom stereocenters. The van der Waals surface area contributed by atoms with Crippen LogP contribution in [0.4, 0.5) is 0 Å². The quantitative estimate of drug-likeness (QED) is 0.259. The van der Waals surface area contributed by atoms with Gasteiger partial charge in [0.15, 0.2) is 5.96 Å². The summed E-state index contributed by atoms with van der Waals surface area (Å²) in [5.74, 6) is 0.496. The molecule has 0 amide bonds. The van der Waals surface area contributed by atoms with Gasteiger partial charge in [0.2, 0.25) is 0 Å². The Balaban J connectivity index is 0.000000182. The van der Waals surface area contributed by atoms with E-state index in [4.69, 9.17) is 10.5 Å². The zero-order chi connectivity index (χ0) is 23.8. The van der Waals surface area contributed by atoms with Crippen LogP contribution in [-0.4, -0.2) is 43.6 Å². The van der Waals surface area contributed by atoms with Crippen LogP contribution in [0.25, 0.3) is 21.8 Å². The number of aliphatic imine (C=N–C) groups is 1. The average molecular weight is 457 g/mol. The lowest BCUT2D eigenvalue weighted by Crippen LogP contribution is -2.32. The fourth-order valence-electron chi connectivity index (χ4n) is 4.49. The minimum Gasteiger partial charge on any atom is -0.381 e. The Kier molecular flexibility index (Phi) is 7.94. The van der Waals surface area contributed by atoms with E-state index in [9.17, 15) is 4.79 Å². The van der Waals surface area contributed by atoms with E-state index >= 15 is 0 Å². The van der Waals surface area contributed by atoms with Crippen LogP contribution in [0.1, 0.15) is 34.8 Å². The molecule has 0 saturated carbocycles. The predicted molar refractivity (Wildman–Crippen MR) is 140 cm³/mol. The molecule has 3 aromatic carbocycles. The number of nitrogens with one attached hydrogen (secondary N) is 1. The number of aromatic nitrogens is 1. The minimum atomic E-state index is 0.447. The Morgan fingerprint density at radius 1 is 1.03 bits per heavy atom. The third-order valence-corrected chi connectivity index (χ3v) is 6.23. The first-order valence-corrected chi connectivity index (χ1v) is 11.8. The van der Waals surface area contributed by atoms with Crippen molar-refractivity contribution >= 4 is 34.1 Å². The SMILES string of the molecule is CN=C(N)NCCc1ccccc1.O=Cc1ccc2c3ccccc3n(C3CCOCC3)c2c1. The van der Waals surface area contributed by atoms with Gasteiger partial charge in [-0.05, 0) is 37.0 Å². The molecule has 2 heterocycles. The molecule has 6 heteroatoms. The number of ether oxygens (including phenoxy) is 1. The fourth-order valence-corrected chi connectivity index (χ4v) is 4.49. The molecule has 5 rings (SSSR count). The van der Waals surface area contributed by atoms with Gasteiger partial charge in [-0.2, -0.15) is 0 Å². The standard InChI is InChI=1S/C18H17NO2.C10H15N3/c20-12-13-5-6-16-15-3-1-2-4-17(15)19(18(16)11-13)14-7-9-21-10-8-14;1-12-10(11)13-8-7-9-5-3-2-4-6-9/h1-6,11-12,14H,7-10H2;2-6H,7-8H2,1H3,(H3,11,12,13). The summed E-state index contributed by atoms with van der Waals surface area (Å²) in [6.45, 7) is 2.45. The molecule has 0 atom stereocenters. The average Bonchev–Trinajstić information content (AvgIpc) is 3.23. The lowest BCUT2D eigenvalue weighted by atomic mass is 10.1. The molecule has 0 bridgehead atoms. The van der Waals surface area contributed by atoms with E-state index in [0.717, 1.165) is 56.4 Å². The second-order valence-electron chi connectivity index (χ2n) is 8.40. The third-order valence-electron chi connectivity index (χ3n) is 6.23. The largest absolute Gasteiger partial charge is 0.381 e. The van der Waals surface area contributed by atoms with Gasteiger partial charge in [0.05, 0.1) is 5.52 Å². The number of aldehydes is 1. The van der Waals surface area contributed by atoms with Crippen LogP contribution in [0.2, 0.25) is 0 Å². The Bertz CT molecular complexity index is 1260. The first kappa shape index (κ1) is 23.5. The molecule has 176 valence electrons. The molecule has 1 aliphatic heterocycles. The number of guanidine groups is 1. The zero-order valence-electron chi connectivity index (χ0n) is 19.6. The molecule has 0 spiro atoms. The molecule has 0 radical (unpaired) electrons. The van der Waals surface area contributed by atoms with Crippen molar-refractivity contribution in [3.05, 3.63) is 83.9 Å². The zero-order valence-corrected chi connectivity index (χ0v) is 19.6. The fraction of sp³-hybridized carbons (Fsp3) is 0.286. The van der Waals surface area contributed by atoms with Gasteiger partial charge in [-0.1, -0.05) is 60.7 Å². The maximum atomic E-state index is 11.1. The molecule has 34 heavy (non-hydrogen) atoms. The van der Waals surface area contributed by atoms with Crippen molar-refractivity contribution in [2.24, 2.45) is 10.7 Å². The van der Waals surface area contributed by atoms with Crippen LogP contribution in [0.5, 0.6) is 0 Å². The number of hydrogen-bond donors (Lipinski definition) is 2. The highest BCUT2D eigenvalue weighted by Crippen LogP contribution is 2.35. The number of fused-ring (bicyclic) bond motifs is 3. The smallest absolute Gasteiger partial charge is 0.188 e.